The van der Waals surface area contributed by atoms with Crippen molar-refractivity contribution in [1.29, 1.82) is 0 Å². The zero-order valence-electron chi connectivity index (χ0n) is 13.5. The highest BCUT2D eigenvalue weighted by atomic mass is 35.5. The van der Waals surface area contributed by atoms with Crippen molar-refractivity contribution in [3.63, 3.8) is 0 Å². The van der Waals surface area contributed by atoms with Gasteiger partial charge in [-0.15, -0.1) is 12.4 Å². The fourth-order valence-electron chi connectivity index (χ4n) is 2.70. The molecule has 0 aliphatic rings. The maximum Gasteiger partial charge on any atom is 0.119 e. The van der Waals surface area contributed by atoms with Crippen molar-refractivity contribution in [2.75, 3.05) is 25.5 Å². The van der Waals surface area contributed by atoms with Crippen LogP contribution in [0.3, 0.4) is 0 Å². The SMILES string of the molecule is COc1ccc2nc3cc(Cl)ccc3c(NCCCCN)c2c1.Cl. The summed E-state index contributed by atoms with van der Waals surface area (Å²) in [5, 5.41) is 6.34. The summed E-state index contributed by atoms with van der Waals surface area (Å²) in [5.74, 6) is 0.817. The largest absolute Gasteiger partial charge is 0.497 e. The summed E-state index contributed by atoms with van der Waals surface area (Å²) in [6.45, 7) is 1.58. The van der Waals surface area contributed by atoms with Gasteiger partial charge in [0.15, 0.2) is 0 Å². The molecule has 3 aromatic rings. The summed E-state index contributed by atoms with van der Waals surface area (Å²) in [7, 11) is 1.67. The number of methoxy groups -OCH3 is 1. The normalized spacial score (nSPS) is 10.6. The molecule has 4 nitrogen and oxygen atoms in total. The average molecular weight is 366 g/mol. The van der Waals surface area contributed by atoms with Crippen LogP contribution in [0.4, 0.5) is 5.69 Å². The van der Waals surface area contributed by atoms with E-state index in [9.17, 15) is 0 Å². The molecule has 3 rings (SSSR count). The van der Waals surface area contributed by atoms with Gasteiger partial charge < -0.3 is 15.8 Å². The molecule has 0 spiro atoms. The Hall–Kier alpha value is -1.75. The van der Waals surface area contributed by atoms with Crippen LogP contribution in [0, 0.1) is 0 Å². The lowest BCUT2D eigenvalue weighted by molar-refractivity contribution is 0.415. The van der Waals surface area contributed by atoms with Crippen molar-refractivity contribution < 1.29 is 4.74 Å². The number of hydrogen-bond acceptors (Lipinski definition) is 4. The Morgan fingerprint density at radius 1 is 1.08 bits per heavy atom. The molecule has 0 aliphatic carbocycles. The summed E-state index contributed by atoms with van der Waals surface area (Å²) in [4.78, 5) is 4.72. The molecule has 0 radical (unpaired) electrons. The minimum Gasteiger partial charge on any atom is -0.497 e. The van der Waals surface area contributed by atoms with Crippen molar-refractivity contribution in [3.8, 4) is 5.75 Å². The maximum atomic E-state index is 6.12. The highest BCUT2D eigenvalue weighted by Crippen LogP contribution is 2.34. The van der Waals surface area contributed by atoms with E-state index in [-0.39, 0.29) is 12.4 Å². The number of unbranched alkanes of at least 4 members (excludes halogenated alkanes) is 1. The second-order valence-corrected chi connectivity index (χ2v) is 5.89. The third-order valence-electron chi connectivity index (χ3n) is 3.88. The molecule has 1 aromatic heterocycles. The number of aromatic nitrogens is 1. The summed E-state index contributed by atoms with van der Waals surface area (Å²) in [6.07, 6.45) is 2.03. The van der Waals surface area contributed by atoms with Gasteiger partial charge in [-0.25, -0.2) is 4.98 Å². The lowest BCUT2D eigenvalue weighted by atomic mass is 10.1. The lowest BCUT2D eigenvalue weighted by Crippen LogP contribution is -2.06. The highest BCUT2D eigenvalue weighted by molar-refractivity contribution is 6.31. The van der Waals surface area contributed by atoms with Gasteiger partial charge in [-0.1, -0.05) is 11.6 Å². The van der Waals surface area contributed by atoms with Crippen LogP contribution in [-0.4, -0.2) is 25.2 Å². The summed E-state index contributed by atoms with van der Waals surface area (Å²) >= 11 is 6.12. The van der Waals surface area contributed by atoms with Gasteiger partial charge >= 0.3 is 0 Å². The zero-order valence-corrected chi connectivity index (χ0v) is 15.1. The van der Waals surface area contributed by atoms with E-state index in [4.69, 9.17) is 27.1 Å². The Labute approximate surface area is 152 Å². The van der Waals surface area contributed by atoms with Gasteiger partial charge in [-0.05, 0) is 55.8 Å². The Kier molecular flexibility index (Phi) is 6.49. The molecule has 128 valence electrons. The summed E-state index contributed by atoms with van der Waals surface area (Å²) in [6, 6.07) is 11.7. The van der Waals surface area contributed by atoms with Crippen molar-refractivity contribution >= 4 is 51.5 Å². The number of nitrogens with zero attached hydrogens (tertiary/aromatic N) is 1. The Morgan fingerprint density at radius 2 is 1.92 bits per heavy atom. The van der Waals surface area contributed by atoms with E-state index in [0.29, 0.717) is 11.6 Å². The van der Waals surface area contributed by atoms with Crippen LogP contribution in [0.5, 0.6) is 5.75 Å². The topological polar surface area (TPSA) is 60.2 Å². The second kappa shape index (κ2) is 8.38. The lowest BCUT2D eigenvalue weighted by Gasteiger charge is -2.14. The van der Waals surface area contributed by atoms with Crippen LogP contribution < -0.4 is 15.8 Å². The molecule has 0 saturated heterocycles. The molecule has 0 saturated carbocycles. The number of fused-ring (bicyclic) bond motifs is 2. The molecular weight excluding hydrogens is 345 g/mol. The average Bonchev–Trinajstić information content (AvgIpc) is 2.57. The number of anilines is 1. The molecule has 0 atom stereocenters. The Balaban J connectivity index is 0.00000208. The van der Waals surface area contributed by atoms with Crippen LogP contribution in [0.2, 0.25) is 5.02 Å². The minimum atomic E-state index is 0. The van der Waals surface area contributed by atoms with Crippen LogP contribution in [0.25, 0.3) is 21.8 Å². The van der Waals surface area contributed by atoms with Crippen molar-refractivity contribution in [2.24, 2.45) is 5.73 Å². The van der Waals surface area contributed by atoms with Crippen LogP contribution in [0.1, 0.15) is 12.8 Å². The Bertz CT molecular complexity index is 839. The standard InChI is InChI=1S/C18H20ClN3O.ClH/c1-23-13-5-7-16-15(11-13)18(21-9-3-2-8-20)14-6-4-12(19)10-17(14)22-16;/h4-7,10-11H,2-3,8-9,20H2,1H3,(H,21,22);1H. The Morgan fingerprint density at radius 3 is 2.67 bits per heavy atom. The number of pyridine rings is 1. The number of rotatable bonds is 6. The number of nitrogens with one attached hydrogen (secondary N) is 1. The van der Waals surface area contributed by atoms with E-state index in [1.807, 2.05) is 36.4 Å². The molecule has 1 heterocycles. The van der Waals surface area contributed by atoms with Gasteiger partial charge in [0.05, 0.1) is 23.8 Å². The van der Waals surface area contributed by atoms with E-state index >= 15 is 0 Å². The third-order valence-corrected chi connectivity index (χ3v) is 4.11. The van der Waals surface area contributed by atoms with E-state index in [0.717, 1.165) is 52.6 Å². The van der Waals surface area contributed by atoms with Gasteiger partial charge in [0, 0.05) is 22.3 Å². The summed E-state index contributed by atoms with van der Waals surface area (Å²) < 4.78 is 5.36. The first-order valence-electron chi connectivity index (χ1n) is 7.74. The molecule has 2 aromatic carbocycles. The minimum absolute atomic E-state index is 0. The van der Waals surface area contributed by atoms with Crippen LogP contribution in [-0.2, 0) is 0 Å². The van der Waals surface area contributed by atoms with Crippen molar-refractivity contribution in [1.82, 2.24) is 4.98 Å². The number of hydrogen-bond donors (Lipinski definition) is 2. The molecule has 24 heavy (non-hydrogen) atoms. The van der Waals surface area contributed by atoms with Gasteiger partial charge in [0.2, 0.25) is 0 Å². The first-order chi connectivity index (χ1) is 11.2. The van der Waals surface area contributed by atoms with Gasteiger partial charge in [0.1, 0.15) is 5.75 Å². The molecular formula is C18H21Cl2N3O. The van der Waals surface area contributed by atoms with E-state index in [1.54, 1.807) is 7.11 Å². The first kappa shape index (κ1) is 18.6. The van der Waals surface area contributed by atoms with Crippen LogP contribution >= 0.6 is 24.0 Å². The molecule has 3 N–H and O–H groups in total. The predicted octanol–water partition coefficient (Wildman–Crippen LogP) is 4.62. The quantitative estimate of drug-likeness (QED) is 0.494. The second-order valence-electron chi connectivity index (χ2n) is 5.45. The van der Waals surface area contributed by atoms with E-state index in [2.05, 4.69) is 5.32 Å². The smallest absolute Gasteiger partial charge is 0.119 e. The van der Waals surface area contributed by atoms with Gasteiger partial charge in [-0.3, -0.25) is 0 Å². The summed E-state index contributed by atoms with van der Waals surface area (Å²) in [5.41, 5.74) is 8.45. The van der Waals surface area contributed by atoms with Crippen molar-refractivity contribution in [3.05, 3.63) is 41.4 Å². The third kappa shape index (κ3) is 3.83. The van der Waals surface area contributed by atoms with E-state index in [1.165, 1.54) is 0 Å². The fourth-order valence-corrected chi connectivity index (χ4v) is 2.86. The predicted molar refractivity (Wildman–Crippen MR) is 105 cm³/mol. The fraction of sp³-hybridized carbons (Fsp3) is 0.278. The van der Waals surface area contributed by atoms with Gasteiger partial charge in [0.25, 0.3) is 0 Å². The number of benzene rings is 2. The first-order valence-corrected chi connectivity index (χ1v) is 8.11. The molecule has 0 bridgehead atoms. The number of ether oxygens (including phenoxy) is 1. The van der Waals surface area contributed by atoms with Gasteiger partial charge in [-0.2, -0.15) is 0 Å². The molecule has 6 heteroatoms. The van der Waals surface area contributed by atoms with Crippen molar-refractivity contribution in [2.45, 2.75) is 12.8 Å². The highest BCUT2D eigenvalue weighted by Gasteiger charge is 2.10. The molecule has 0 fully saturated rings. The van der Waals surface area contributed by atoms with E-state index < -0.39 is 0 Å². The number of halogens is 2. The molecule has 0 amide bonds. The molecule has 0 aliphatic heterocycles. The molecule has 0 unspecified atom stereocenters. The zero-order chi connectivity index (χ0) is 16.2. The van der Waals surface area contributed by atoms with Crippen LogP contribution in [0.15, 0.2) is 36.4 Å². The maximum absolute atomic E-state index is 6.12. The number of nitrogens with two attached hydrogens (primary N) is 1. The monoisotopic (exact) mass is 365 g/mol.